The number of hydrogen-bond donors (Lipinski definition) is 1. The van der Waals surface area contributed by atoms with Gasteiger partial charge in [0, 0.05) is 25.4 Å². The molecule has 0 aliphatic carbocycles. The first-order chi connectivity index (χ1) is 11.7. The molecule has 1 unspecified atom stereocenters. The molecule has 1 aliphatic heterocycles. The molecule has 0 radical (unpaired) electrons. The van der Waals surface area contributed by atoms with Crippen molar-refractivity contribution in [3.63, 3.8) is 0 Å². The third-order valence-corrected chi connectivity index (χ3v) is 3.99. The molecule has 0 spiro atoms. The van der Waals surface area contributed by atoms with Crippen molar-refractivity contribution in [2.45, 2.75) is 25.8 Å². The predicted molar refractivity (Wildman–Crippen MR) is 86.5 cm³/mol. The molecule has 1 saturated heterocycles. The van der Waals surface area contributed by atoms with Crippen molar-refractivity contribution in [3.05, 3.63) is 36.4 Å². The zero-order valence-corrected chi connectivity index (χ0v) is 13.5. The molecule has 2 aromatic rings. The number of anilines is 1. The van der Waals surface area contributed by atoms with Crippen LogP contribution in [0.1, 0.15) is 25.8 Å². The first-order valence-corrected chi connectivity index (χ1v) is 8.01. The zero-order valence-electron chi connectivity index (χ0n) is 13.5. The van der Waals surface area contributed by atoms with Gasteiger partial charge in [0.15, 0.2) is 0 Å². The van der Waals surface area contributed by atoms with Gasteiger partial charge >= 0.3 is 6.03 Å². The van der Waals surface area contributed by atoms with E-state index in [1.165, 1.54) is 12.1 Å². The molecule has 2 heterocycles. The number of halogens is 1. The van der Waals surface area contributed by atoms with Crippen LogP contribution in [-0.4, -0.2) is 45.6 Å². The van der Waals surface area contributed by atoms with Crippen LogP contribution in [0, 0.1) is 5.82 Å². The summed E-state index contributed by atoms with van der Waals surface area (Å²) in [7, 11) is 0. The molecule has 8 heteroatoms. The predicted octanol–water partition coefficient (Wildman–Crippen LogP) is 2.68. The number of likely N-dealkylation sites (tertiary alicyclic amines) is 1. The molecule has 0 saturated carbocycles. The van der Waals surface area contributed by atoms with Crippen LogP contribution in [0.5, 0.6) is 5.75 Å². The second-order valence-electron chi connectivity index (χ2n) is 5.63. The van der Waals surface area contributed by atoms with E-state index in [9.17, 15) is 9.18 Å². The SMILES string of the molecule is CCOc1ccc(NC(=O)N2CCCC(n3ccnn3)C2)c(F)c1. The largest absolute Gasteiger partial charge is 0.494 e. The van der Waals surface area contributed by atoms with Crippen molar-refractivity contribution in [3.8, 4) is 5.75 Å². The van der Waals surface area contributed by atoms with Gasteiger partial charge in [-0.15, -0.1) is 5.10 Å². The number of ether oxygens (including phenoxy) is 1. The van der Waals surface area contributed by atoms with Crippen LogP contribution < -0.4 is 10.1 Å². The number of urea groups is 1. The van der Waals surface area contributed by atoms with Crippen molar-refractivity contribution in [1.82, 2.24) is 19.9 Å². The van der Waals surface area contributed by atoms with Gasteiger partial charge in [-0.1, -0.05) is 5.21 Å². The Kier molecular flexibility index (Phi) is 4.93. The Morgan fingerprint density at radius 1 is 1.50 bits per heavy atom. The average Bonchev–Trinajstić information content (AvgIpc) is 3.12. The molecular weight excluding hydrogens is 313 g/mol. The Labute approximate surface area is 139 Å². The lowest BCUT2D eigenvalue weighted by molar-refractivity contribution is 0.174. The minimum absolute atomic E-state index is 0.0946. The molecule has 2 amide bonds. The quantitative estimate of drug-likeness (QED) is 0.934. The Balaban J connectivity index is 1.64. The fourth-order valence-electron chi connectivity index (χ4n) is 2.82. The smallest absolute Gasteiger partial charge is 0.321 e. The van der Waals surface area contributed by atoms with E-state index < -0.39 is 5.82 Å². The summed E-state index contributed by atoms with van der Waals surface area (Å²) in [6, 6.07) is 4.20. The van der Waals surface area contributed by atoms with Gasteiger partial charge < -0.3 is 15.0 Å². The highest BCUT2D eigenvalue weighted by molar-refractivity contribution is 5.89. The molecule has 1 aromatic heterocycles. The lowest BCUT2D eigenvalue weighted by Crippen LogP contribution is -2.43. The van der Waals surface area contributed by atoms with E-state index in [0.29, 0.717) is 25.4 Å². The van der Waals surface area contributed by atoms with Gasteiger partial charge in [-0.25, -0.2) is 13.9 Å². The van der Waals surface area contributed by atoms with Crippen molar-refractivity contribution in [2.75, 3.05) is 25.0 Å². The Hall–Kier alpha value is -2.64. The monoisotopic (exact) mass is 333 g/mol. The van der Waals surface area contributed by atoms with Crippen molar-refractivity contribution in [2.24, 2.45) is 0 Å². The summed E-state index contributed by atoms with van der Waals surface area (Å²) in [5.41, 5.74) is 0.145. The molecular formula is C16H20FN5O2. The molecule has 24 heavy (non-hydrogen) atoms. The summed E-state index contributed by atoms with van der Waals surface area (Å²) in [5, 5.41) is 10.4. The molecule has 128 valence electrons. The number of nitrogens with zero attached hydrogens (tertiary/aromatic N) is 4. The molecule has 1 aliphatic rings. The van der Waals surface area contributed by atoms with Gasteiger partial charge in [0.2, 0.25) is 0 Å². The summed E-state index contributed by atoms with van der Waals surface area (Å²) >= 11 is 0. The lowest BCUT2D eigenvalue weighted by atomic mass is 10.1. The number of piperidine rings is 1. The van der Waals surface area contributed by atoms with Crippen molar-refractivity contribution in [1.29, 1.82) is 0 Å². The standard InChI is InChI=1S/C16H20FN5O2/c1-2-24-13-5-6-15(14(17)10-13)19-16(23)21-8-3-4-12(11-21)22-9-7-18-20-22/h5-7,9-10,12H,2-4,8,11H2,1H3,(H,19,23). The summed E-state index contributed by atoms with van der Waals surface area (Å²) in [4.78, 5) is 14.1. The van der Waals surface area contributed by atoms with Gasteiger partial charge in [-0.3, -0.25) is 0 Å². The third-order valence-electron chi connectivity index (χ3n) is 3.99. The fourth-order valence-corrected chi connectivity index (χ4v) is 2.82. The number of nitrogens with one attached hydrogen (secondary N) is 1. The number of hydrogen-bond acceptors (Lipinski definition) is 4. The summed E-state index contributed by atoms with van der Waals surface area (Å²) in [5.74, 6) is -0.0728. The van der Waals surface area contributed by atoms with Gasteiger partial charge in [0.05, 0.1) is 24.5 Å². The Morgan fingerprint density at radius 3 is 3.08 bits per heavy atom. The van der Waals surface area contributed by atoms with E-state index in [0.717, 1.165) is 12.8 Å². The fraction of sp³-hybridized carbons (Fsp3) is 0.438. The van der Waals surface area contributed by atoms with Crippen LogP contribution in [0.3, 0.4) is 0 Å². The van der Waals surface area contributed by atoms with Gasteiger partial charge in [0.25, 0.3) is 0 Å². The maximum atomic E-state index is 14.1. The highest BCUT2D eigenvalue weighted by atomic mass is 19.1. The minimum Gasteiger partial charge on any atom is -0.494 e. The van der Waals surface area contributed by atoms with E-state index >= 15 is 0 Å². The molecule has 1 fully saturated rings. The molecule has 1 atom stereocenters. The van der Waals surface area contributed by atoms with Crippen LogP contribution in [-0.2, 0) is 0 Å². The molecule has 1 N–H and O–H groups in total. The number of rotatable bonds is 4. The van der Waals surface area contributed by atoms with Crippen molar-refractivity contribution >= 4 is 11.7 Å². The van der Waals surface area contributed by atoms with Crippen LogP contribution in [0.15, 0.2) is 30.6 Å². The van der Waals surface area contributed by atoms with E-state index in [4.69, 9.17) is 4.74 Å². The first kappa shape index (κ1) is 16.2. The lowest BCUT2D eigenvalue weighted by Gasteiger charge is -2.32. The topological polar surface area (TPSA) is 72.3 Å². The number of benzene rings is 1. The highest BCUT2D eigenvalue weighted by Gasteiger charge is 2.25. The van der Waals surface area contributed by atoms with E-state index in [2.05, 4.69) is 15.6 Å². The van der Waals surface area contributed by atoms with E-state index in [1.54, 1.807) is 28.0 Å². The van der Waals surface area contributed by atoms with Crippen LogP contribution >= 0.6 is 0 Å². The zero-order chi connectivity index (χ0) is 16.9. The van der Waals surface area contributed by atoms with Crippen LogP contribution in [0.2, 0.25) is 0 Å². The second-order valence-corrected chi connectivity index (χ2v) is 5.63. The Bertz CT molecular complexity index is 692. The molecule has 1 aromatic carbocycles. The van der Waals surface area contributed by atoms with Gasteiger partial charge in [-0.2, -0.15) is 0 Å². The summed E-state index contributed by atoms with van der Waals surface area (Å²) < 4.78 is 21.1. The van der Waals surface area contributed by atoms with Crippen molar-refractivity contribution < 1.29 is 13.9 Å². The van der Waals surface area contributed by atoms with E-state index in [-0.39, 0.29) is 17.8 Å². The van der Waals surface area contributed by atoms with Crippen LogP contribution in [0.25, 0.3) is 0 Å². The number of carbonyl (C=O) groups excluding carboxylic acids is 1. The maximum absolute atomic E-state index is 14.1. The summed E-state index contributed by atoms with van der Waals surface area (Å²) in [6.07, 6.45) is 5.21. The molecule has 7 nitrogen and oxygen atoms in total. The maximum Gasteiger partial charge on any atom is 0.321 e. The second kappa shape index (κ2) is 7.29. The number of carbonyl (C=O) groups is 1. The number of amides is 2. The minimum atomic E-state index is -0.515. The number of aromatic nitrogens is 3. The van der Waals surface area contributed by atoms with Gasteiger partial charge in [-0.05, 0) is 31.9 Å². The Morgan fingerprint density at radius 2 is 2.38 bits per heavy atom. The summed E-state index contributed by atoms with van der Waals surface area (Å²) in [6.45, 7) is 3.45. The van der Waals surface area contributed by atoms with Crippen LogP contribution in [0.4, 0.5) is 14.9 Å². The van der Waals surface area contributed by atoms with E-state index in [1.807, 2.05) is 6.92 Å². The average molecular weight is 333 g/mol. The molecule has 3 rings (SSSR count). The third kappa shape index (κ3) is 3.64. The molecule has 0 bridgehead atoms. The first-order valence-electron chi connectivity index (χ1n) is 8.01. The normalized spacial score (nSPS) is 17.6. The van der Waals surface area contributed by atoms with Gasteiger partial charge in [0.1, 0.15) is 11.6 Å². The highest BCUT2D eigenvalue weighted by Crippen LogP contribution is 2.23.